The lowest BCUT2D eigenvalue weighted by molar-refractivity contribution is -0.135. The number of nitrogens with two attached hydrogens (primary N) is 1. The molecule has 0 aliphatic carbocycles. The standard InChI is InChI=1S/C13H18ClN3O2/c1-9(13(18)17-5-7-19-8-6-17)16-12-10(14)3-2-4-11(12)15/h2-4,9,16H,5-8,15H2,1H3. The number of anilines is 2. The SMILES string of the molecule is CC(Nc1c(N)cccc1Cl)C(=O)N1CCOCC1. The van der Waals surface area contributed by atoms with Crippen molar-refractivity contribution in [3.05, 3.63) is 23.2 Å². The second kappa shape index (κ2) is 6.12. The fraction of sp³-hybridized carbons (Fsp3) is 0.462. The normalized spacial score (nSPS) is 17.1. The van der Waals surface area contributed by atoms with Gasteiger partial charge in [-0.05, 0) is 19.1 Å². The highest BCUT2D eigenvalue weighted by molar-refractivity contribution is 6.34. The van der Waals surface area contributed by atoms with Gasteiger partial charge in [0.1, 0.15) is 6.04 Å². The average molecular weight is 284 g/mol. The molecule has 1 aromatic carbocycles. The fourth-order valence-corrected chi connectivity index (χ4v) is 2.27. The molecule has 2 rings (SSSR count). The van der Waals surface area contributed by atoms with Crippen LogP contribution >= 0.6 is 11.6 Å². The van der Waals surface area contributed by atoms with Crippen molar-refractivity contribution in [1.82, 2.24) is 4.90 Å². The Bertz CT molecular complexity index is 441. The number of amides is 1. The number of hydrogen-bond acceptors (Lipinski definition) is 4. The Morgan fingerprint density at radius 3 is 2.79 bits per heavy atom. The van der Waals surface area contributed by atoms with Crippen molar-refractivity contribution >= 4 is 28.9 Å². The number of hydrogen-bond donors (Lipinski definition) is 2. The highest BCUT2D eigenvalue weighted by Gasteiger charge is 2.23. The van der Waals surface area contributed by atoms with Crippen LogP contribution in [0.1, 0.15) is 6.92 Å². The van der Waals surface area contributed by atoms with E-state index >= 15 is 0 Å². The number of rotatable bonds is 3. The van der Waals surface area contributed by atoms with E-state index in [0.29, 0.717) is 42.7 Å². The van der Waals surface area contributed by atoms with Gasteiger partial charge in [-0.1, -0.05) is 17.7 Å². The van der Waals surface area contributed by atoms with E-state index < -0.39 is 0 Å². The second-order valence-corrected chi connectivity index (χ2v) is 4.91. The Hall–Kier alpha value is -1.46. The van der Waals surface area contributed by atoms with Crippen molar-refractivity contribution in [3.63, 3.8) is 0 Å². The third kappa shape index (κ3) is 3.30. The van der Waals surface area contributed by atoms with Crippen molar-refractivity contribution in [1.29, 1.82) is 0 Å². The Kier molecular flexibility index (Phi) is 4.50. The smallest absolute Gasteiger partial charge is 0.244 e. The molecule has 19 heavy (non-hydrogen) atoms. The van der Waals surface area contributed by atoms with Crippen molar-refractivity contribution in [2.45, 2.75) is 13.0 Å². The molecule has 1 heterocycles. The summed E-state index contributed by atoms with van der Waals surface area (Å²) in [6, 6.07) is 4.89. The maximum absolute atomic E-state index is 12.2. The van der Waals surface area contributed by atoms with Gasteiger partial charge in [0.15, 0.2) is 0 Å². The van der Waals surface area contributed by atoms with E-state index in [1.807, 2.05) is 0 Å². The molecular weight excluding hydrogens is 266 g/mol. The number of carbonyl (C=O) groups is 1. The van der Waals surface area contributed by atoms with E-state index in [1.54, 1.807) is 30.0 Å². The maximum Gasteiger partial charge on any atom is 0.244 e. The van der Waals surface area contributed by atoms with Crippen LogP contribution in [0, 0.1) is 0 Å². The van der Waals surface area contributed by atoms with Crippen molar-refractivity contribution in [2.75, 3.05) is 37.4 Å². The van der Waals surface area contributed by atoms with Crippen LogP contribution in [-0.2, 0) is 9.53 Å². The zero-order chi connectivity index (χ0) is 13.8. The summed E-state index contributed by atoms with van der Waals surface area (Å²) in [6.07, 6.45) is 0. The molecular formula is C13H18ClN3O2. The minimum atomic E-state index is -0.375. The molecule has 1 amide bonds. The first-order valence-electron chi connectivity index (χ1n) is 6.26. The Morgan fingerprint density at radius 1 is 1.47 bits per heavy atom. The van der Waals surface area contributed by atoms with Crippen molar-refractivity contribution in [2.24, 2.45) is 0 Å². The first kappa shape index (κ1) is 14.0. The molecule has 1 fully saturated rings. The number of nitrogens with zero attached hydrogens (tertiary/aromatic N) is 1. The summed E-state index contributed by atoms with van der Waals surface area (Å²) >= 11 is 6.08. The third-order valence-electron chi connectivity index (χ3n) is 3.10. The molecule has 1 aliphatic heterocycles. The average Bonchev–Trinajstić information content (AvgIpc) is 2.43. The number of benzene rings is 1. The number of halogens is 1. The Morgan fingerprint density at radius 2 is 2.16 bits per heavy atom. The van der Waals surface area contributed by atoms with E-state index in [0.717, 1.165) is 0 Å². The number of para-hydroxylation sites is 1. The quantitative estimate of drug-likeness (QED) is 0.827. The summed E-state index contributed by atoms with van der Waals surface area (Å²) < 4.78 is 5.23. The van der Waals surface area contributed by atoms with Crippen LogP contribution in [0.5, 0.6) is 0 Å². The van der Waals surface area contributed by atoms with Crippen molar-refractivity contribution < 1.29 is 9.53 Å². The monoisotopic (exact) mass is 283 g/mol. The zero-order valence-electron chi connectivity index (χ0n) is 10.9. The van der Waals surface area contributed by atoms with Gasteiger partial charge in [0.25, 0.3) is 0 Å². The summed E-state index contributed by atoms with van der Waals surface area (Å²) in [7, 11) is 0. The molecule has 6 heteroatoms. The molecule has 1 saturated heterocycles. The first-order chi connectivity index (χ1) is 9.09. The number of carbonyl (C=O) groups excluding carboxylic acids is 1. The lowest BCUT2D eigenvalue weighted by Crippen LogP contribution is -2.47. The van der Waals surface area contributed by atoms with Crippen LogP contribution in [-0.4, -0.2) is 43.2 Å². The zero-order valence-corrected chi connectivity index (χ0v) is 11.6. The van der Waals surface area contributed by atoms with E-state index in [9.17, 15) is 4.79 Å². The molecule has 1 aromatic rings. The van der Waals surface area contributed by atoms with Gasteiger partial charge in [0, 0.05) is 13.1 Å². The number of nitrogens with one attached hydrogen (secondary N) is 1. The van der Waals surface area contributed by atoms with Crippen LogP contribution in [0.4, 0.5) is 11.4 Å². The highest BCUT2D eigenvalue weighted by atomic mass is 35.5. The molecule has 0 radical (unpaired) electrons. The van der Waals surface area contributed by atoms with Gasteiger partial charge in [-0.2, -0.15) is 0 Å². The van der Waals surface area contributed by atoms with Gasteiger partial charge < -0.3 is 20.7 Å². The summed E-state index contributed by atoms with van der Waals surface area (Å²) in [4.78, 5) is 14.0. The lowest BCUT2D eigenvalue weighted by atomic mass is 10.2. The Balaban J connectivity index is 2.03. The van der Waals surface area contributed by atoms with Crippen LogP contribution in [0.15, 0.2) is 18.2 Å². The van der Waals surface area contributed by atoms with Gasteiger partial charge in [-0.15, -0.1) is 0 Å². The molecule has 0 spiro atoms. The Labute approximate surface area is 117 Å². The van der Waals surface area contributed by atoms with Gasteiger partial charge in [-0.25, -0.2) is 0 Å². The largest absolute Gasteiger partial charge is 0.397 e. The second-order valence-electron chi connectivity index (χ2n) is 4.51. The summed E-state index contributed by atoms with van der Waals surface area (Å²) in [5.41, 5.74) is 7.00. The number of nitrogen functional groups attached to an aromatic ring is 1. The van der Waals surface area contributed by atoms with Crippen LogP contribution in [0.25, 0.3) is 0 Å². The summed E-state index contributed by atoms with van der Waals surface area (Å²) in [6.45, 7) is 4.24. The predicted octanol–water partition coefficient (Wildman–Crippen LogP) is 1.58. The third-order valence-corrected chi connectivity index (χ3v) is 3.41. The minimum absolute atomic E-state index is 0.0302. The lowest BCUT2D eigenvalue weighted by Gasteiger charge is -2.30. The molecule has 1 atom stereocenters. The molecule has 1 unspecified atom stereocenters. The highest BCUT2D eigenvalue weighted by Crippen LogP contribution is 2.28. The van der Waals surface area contributed by atoms with Crippen LogP contribution in [0.2, 0.25) is 5.02 Å². The van der Waals surface area contributed by atoms with E-state index in [1.165, 1.54) is 0 Å². The first-order valence-corrected chi connectivity index (χ1v) is 6.64. The van der Waals surface area contributed by atoms with Crippen molar-refractivity contribution in [3.8, 4) is 0 Å². The molecule has 0 aromatic heterocycles. The van der Waals surface area contributed by atoms with Crippen LogP contribution < -0.4 is 11.1 Å². The van der Waals surface area contributed by atoms with E-state index in [4.69, 9.17) is 22.1 Å². The molecule has 0 bridgehead atoms. The number of ether oxygens (including phenoxy) is 1. The predicted molar refractivity (Wildman–Crippen MR) is 76.3 cm³/mol. The summed E-state index contributed by atoms with van der Waals surface area (Å²) in [5.74, 6) is 0.0302. The molecule has 5 nitrogen and oxygen atoms in total. The fourth-order valence-electron chi connectivity index (χ4n) is 2.03. The van der Waals surface area contributed by atoms with Gasteiger partial charge in [0.05, 0.1) is 29.6 Å². The van der Waals surface area contributed by atoms with E-state index in [-0.39, 0.29) is 11.9 Å². The summed E-state index contributed by atoms with van der Waals surface area (Å²) in [5, 5.41) is 3.60. The van der Waals surface area contributed by atoms with Crippen LogP contribution in [0.3, 0.4) is 0 Å². The molecule has 0 saturated carbocycles. The minimum Gasteiger partial charge on any atom is -0.397 e. The van der Waals surface area contributed by atoms with Gasteiger partial charge in [-0.3, -0.25) is 4.79 Å². The van der Waals surface area contributed by atoms with Gasteiger partial charge >= 0.3 is 0 Å². The van der Waals surface area contributed by atoms with E-state index in [2.05, 4.69) is 5.32 Å². The molecule has 1 aliphatic rings. The topological polar surface area (TPSA) is 67.6 Å². The maximum atomic E-state index is 12.2. The molecule has 3 N–H and O–H groups in total. The molecule has 104 valence electrons. The number of morpholine rings is 1. The van der Waals surface area contributed by atoms with Gasteiger partial charge in [0.2, 0.25) is 5.91 Å².